The average molecular weight is 227 g/mol. The Morgan fingerprint density at radius 3 is 2.08 bits per heavy atom. The molecule has 0 aromatic heterocycles. The van der Waals surface area contributed by atoms with Crippen molar-refractivity contribution in [2.45, 2.75) is 38.9 Å². The van der Waals surface area contributed by atoms with E-state index in [-0.39, 0.29) is 5.25 Å². The van der Waals surface area contributed by atoms with Crippen molar-refractivity contribution in [3.05, 3.63) is 0 Å². The lowest BCUT2D eigenvalue weighted by molar-refractivity contribution is 0.531. The van der Waals surface area contributed by atoms with Crippen LogP contribution in [0.2, 0.25) is 0 Å². The van der Waals surface area contributed by atoms with E-state index in [1.807, 2.05) is 6.92 Å². The van der Waals surface area contributed by atoms with Gasteiger partial charge in [0.1, 0.15) is 0 Å². The van der Waals surface area contributed by atoms with Crippen molar-refractivity contribution >= 4 is 21.4 Å². The summed E-state index contributed by atoms with van der Waals surface area (Å²) in [6.07, 6.45) is 1.63. The van der Waals surface area contributed by atoms with Crippen LogP contribution in [-0.2, 0) is 9.84 Å². The Kier molecular flexibility index (Phi) is 5.97. The summed E-state index contributed by atoms with van der Waals surface area (Å²) in [7, 11) is -2.85. The maximum absolute atomic E-state index is 11.4. The average Bonchev–Trinajstić information content (AvgIpc) is 2.01. The Labute approximate surface area is 86.6 Å². The molecule has 0 amide bonds. The lowest BCUT2D eigenvalue weighted by Crippen LogP contribution is -2.19. The molecule has 0 radical (unpaired) electrons. The molecule has 0 saturated carbocycles. The molecule has 1 atom stereocenters. The minimum absolute atomic E-state index is 0.254. The second-order valence-corrected chi connectivity index (χ2v) is 6.84. The maximum atomic E-state index is 11.4. The van der Waals surface area contributed by atoms with E-state index in [1.165, 1.54) is 0 Å². The minimum atomic E-state index is -2.85. The zero-order valence-corrected chi connectivity index (χ0v) is 10.2. The number of alkyl halides is 1. The first-order valence-electron chi connectivity index (χ1n) is 4.67. The van der Waals surface area contributed by atoms with Gasteiger partial charge in [0, 0.05) is 5.88 Å². The van der Waals surface area contributed by atoms with Crippen molar-refractivity contribution in [1.82, 2.24) is 0 Å². The Morgan fingerprint density at radius 1 is 1.15 bits per heavy atom. The van der Waals surface area contributed by atoms with Crippen molar-refractivity contribution in [1.29, 1.82) is 0 Å². The largest absolute Gasteiger partial charge is 0.229 e. The van der Waals surface area contributed by atoms with Gasteiger partial charge in [-0.25, -0.2) is 8.42 Å². The molecule has 0 aromatic rings. The molecule has 0 aliphatic heterocycles. The molecule has 0 rings (SSSR count). The fourth-order valence-corrected chi connectivity index (χ4v) is 2.51. The number of sulfone groups is 1. The zero-order chi connectivity index (χ0) is 10.5. The first-order chi connectivity index (χ1) is 5.90. The van der Waals surface area contributed by atoms with Gasteiger partial charge in [0.25, 0.3) is 0 Å². The van der Waals surface area contributed by atoms with Crippen LogP contribution in [0.15, 0.2) is 0 Å². The summed E-state index contributed by atoms with van der Waals surface area (Å²) >= 11 is 5.56. The fourth-order valence-electron chi connectivity index (χ4n) is 0.932. The van der Waals surface area contributed by atoms with Crippen LogP contribution >= 0.6 is 11.6 Å². The Balaban J connectivity index is 3.89. The molecule has 0 aliphatic carbocycles. The van der Waals surface area contributed by atoms with Gasteiger partial charge in [-0.3, -0.25) is 0 Å². The smallest absolute Gasteiger partial charge is 0.152 e. The molecule has 0 fully saturated rings. The SMILES string of the molecule is CC(CCCl)CCS(=O)(=O)C(C)C. The van der Waals surface area contributed by atoms with Crippen molar-refractivity contribution in [2.75, 3.05) is 11.6 Å². The van der Waals surface area contributed by atoms with Gasteiger partial charge in [0.15, 0.2) is 9.84 Å². The summed E-state index contributed by atoms with van der Waals surface area (Å²) in [5.74, 6) is 1.32. The Morgan fingerprint density at radius 2 is 1.69 bits per heavy atom. The van der Waals surface area contributed by atoms with E-state index < -0.39 is 9.84 Å². The molecule has 0 aliphatic rings. The van der Waals surface area contributed by atoms with Crippen LogP contribution in [0.4, 0.5) is 0 Å². The summed E-state index contributed by atoms with van der Waals surface area (Å²) in [6, 6.07) is 0. The quantitative estimate of drug-likeness (QED) is 0.652. The molecular formula is C9H19ClO2S. The summed E-state index contributed by atoms with van der Waals surface area (Å²) < 4.78 is 22.8. The van der Waals surface area contributed by atoms with Crippen molar-refractivity contribution in [3.63, 3.8) is 0 Å². The van der Waals surface area contributed by atoms with Gasteiger partial charge >= 0.3 is 0 Å². The number of hydrogen-bond acceptors (Lipinski definition) is 2. The van der Waals surface area contributed by atoms with Crippen LogP contribution in [0.5, 0.6) is 0 Å². The second kappa shape index (κ2) is 5.86. The predicted octanol–water partition coefficient (Wildman–Crippen LogP) is 2.46. The van der Waals surface area contributed by atoms with Crippen LogP contribution in [0, 0.1) is 5.92 Å². The van der Waals surface area contributed by atoms with Crippen LogP contribution in [0.25, 0.3) is 0 Å². The molecule has 0 heterocycles. The van der Waals surface area contributed by atoms with Gasteiger partial charge in [0.2, 0.25) is 0 Å². The lowest BCUT2D eigenvalue weighted by atomic mass is 10.1. The van der Waals surface area contributed by atoms with E-state index in [9.17, 15) is 8.42 Å². The van der Waals surface area contributed by atoms with E-state index >= 15 is 0 Å². The van der Waals surface area contributed by atoms with Crippen molar-refractivity contribution in [3.8, 4) is 0 Å². The van der Waals surface area contributed by atoms with E-state index in [0.29, 0.717) is 17.6 Å². The van der Waals surface area contributed by atoms with Gasteiger partial charge in [-0.15, -0.1) is 11.6 Å². The molecule has 2 nitrogen and oxygen atoms in total. The van der Waals surface area contributed by atoms with E-state index in [0.717, 1.165) is 12.8 Å². The first kappa shape index (κ1) is 13.2. The number of rotatable bonds is 6. The molecule has 1 unspecified atom stereocenters. The molecule has 13 heavy (non-hydrogen) atoms. The molecule has 0 aromatic carbocycles. The van der Waals surface area contributed by atoms with Gasteiger partial charge in [-0.05, 0) is 32.6 Å². The Hall–Kier alpha value is 0.240. The highest BCUT2D eigenvalue weighted by Crippen LogP contribution is 2.12. The van der Waals surface area contributed by atoms with Gasteiger partial charge in [-0.2, -0.15) is 0 Å². The molecular weight excluding hydrogens is 208 g/mol. The molecule has 0 spiro atoms. The summed E-state index contributed by atoms with van der Waals surface area (Å²) in [4.78, 5) is 0. The minimum Gasteiger partial charge on any atom is -0.229 e. The van der Waals surface area contributed by atoms with Crippen LogP contribution in [0.3, 0.4) is 0 Å². The zero-order valence-electron chi connectivity index (χ0n) is 8.59. The summed E-state index contributed by atoms with van der Waals surface area (Å²) in [6.45, 7) is 5.49. The molecule has 4 heteroatoms. The summed E-state index contributed by atoms with van der Waals surface area (Å²) in [5, 5.41) is -0.254. The predicted molar refractivity (Wildman–Crippen MR) is 58.0 cm³/mol. The molecule has 80 valence electrons. The van der Waals surface area contributed by atoms with Crippen molar-refractivity contribution in [2.24, 2.45) is 5.92 Å². The van der Waals surface area contributed by atoms with Crippen molar-refractivity contribution < 1.29 is 8.42 Å². The van der Waals surface area contributed by atoms with Crippen LogP contribution in [-0.4, -0.2) is 25.3 Å². The Bertz CT molecular complexity index is 222. The van der Waals surface area contributed by atoms with Gasteiger partial charge in [-0.1, -0.05) is 6.92 Å². The topological polar surface area (TPSA) is 34.1 Å². The van der Waals surface area contributed by atoms with E-state index in [2.05, 4.69) is 0 Å². The van der Waals surface area contributed by atoms with Gasteiger partial charge in [0.05, 0.1) is 11.0 Å². The third kappa shape index (κ3) is 5.53. The standard InChI is InChI=1S/C9H19ClO2S/c1-8(2)13(11,12)7-5-9(3)4-6-10/h8-9H,4-7H2,1-3H3. The monoisotopic (exact) mass is 226 g/mol. The highest BCUT2D eigenvalue weighted by Gasteiger charge is 2.16. The van der Waals surface area contributed by atoms with Crippen LogP contribution < -0.4 is 0 Å². The second-order valence-electron chi connectivity index (χ2n) is 3.79. The highest BCUT2D eigenvalue weighted by atomic mass is 35.5. The molecule has 0 saturated heterocycles. The van der Waals surface area contributed by atoms with E-state index in [4.69, 9.17) is 11.6 Å². The van der Waals surface area contributed by atoms with Gasteiger partial charge < -0.3 is 0 Å². The highest BCUT2D eigenvalue weighted by molar-refractivity contribution is 7.91. The fraction of sp³-hybridized carbons (Fsp3) is 1.00. The van der Waals surface area contributed by atoms with E-state index in [1.54, 1.807) is 13.8 Å². The maximum Gasteiger partial charge on any atom is 0.152 e. The third-order valence-electron chi connectivity index (χ3n) is 2.22. The first-order valence-corrected chi connectivity index (χ1v) is 6.92. The molecule has 0 N–H and O–H groups in total. The normalized spacial score (nSPS) is 14.8. The lowest BCUT2D eigenvalue weighted by Gasteiger charge is -2.11. The molecule has 0 bridgehead atoms. The third-order valence-corrected chi connectivity index (χ3v) is 4.67. The number of hydrogen-bond donors (Lipinski definition) is 0. The number of halogens is 1. The van der Waals surface area contributed by atoms with Crippen LogP contribution in [0.1, 0.15) is 33.6 Å². The summed E-state index contributed by atoms with van der Waals surface area (Å²) in [5.41, 5.74) is 0.